The van der Waals surface area contributed by atoms with Crippen LogP contribution < -0.4 is 16.0 Å². The number of hydrogen-bond acceptors (Lipinski definition) is 3. The van der Waals surface area contributed by atoms with Crippen LogP contribution in [0, 0.1) is 120 Å². The van der Waals surface area contributed by atoms with Crippen LogP contribution in [-0.2, 0) is 0 Å². The van der Waals surface area contributed by atoms with Crippen LogP contribution in [0.15, 0.2) is 0 Å². The summed E-state index contributed by atoms with van der Waals surface area (Å²) >= 11 is 0. The van der Waals surface area contributed by atoms with Gasteiger partial charge in [-0.3, -0.25) is 0 Å². The molecule has 9 atom stereocenters. The van der Waals surface area contributed by atoms with Crippen molar-refractivity contribution < 1.29 is 0 Å². The monoisotopic (exact) mass is 1260 g/mol. The van der Waals surface area contributed by atoms with Gasteiger partial charge in [-0.05, 0) is 345 Å². The second-order valence-corrected chi connectivity index (χ2v) is 41.1. The Bertz CT molecular complexity index is 1950. The van der Waals surface area contributed by atoms with Gasteiger partial charge < -0.3 is 16.0 Å². The zero-order valence-corrected chi connectivity index (χ0v) is 65.0. The normalized spacial score (nSPS) is 35.6. The quantitative estimate of drug-likeness (QED) is 0.257. The Morgan fingerprint density at radius 3 is 0.989 bits per heavy atom. The third kappa shape index (κ3) is 21.7. The van der Waals surface area contributed by atoms with Crippen LogP contribution in [0.2, 0.25) is 0 Å². The molecule has 14 fully saturated rings. The Balaban J connectivity index is 0.000000137. The van der Waals surface area contributed by atoms with Gasteiger partial charge in [0.25, 0.3) is 0 Å². The first-order chi connectivity index (χ1) is 43.2. The van der Waals surface area contributed by atoms with Crippen molar-refractivity contribution in [1.82, 2.24) is 16.0 Å². The van der Waals surface area contributed by atoms with Gasteiger partial charge in [-0.1, -0.05) is 194 Å². The zero-order chi connectivity index (χ0) is 65.6. The topological polar surface area (TPSA) is 36.1 Å². The molecule has 3 heterocycles. The highest BCUT2D eigenvalue weighted by atomic mass is 14.9. The van der Waals surface area contributed by atoms with Gasteiger partial charge in [0.15, 0.2) is 0 Å². The average Bonchev–Trinajstić information content (AvgIpc) is 1.87. The molecule has 0 radical (unpaired) electrons. The van der Waals surface area contributed by atoms with Crippen molar-refractivity contribution in [2.24, 2.45) is 120 Å². The van der Waals surface area contributed by atoms with Gasteiger partial charge in [-0.25, -0.2) is 0 Å². The van der Waals surface area contributed by atoms with Crippen LogP contribution in [0.3, 0.4) is 0 Å². The minimum atomic E-state index is 0.524. The predicted octanol–water partition coefficient (Wildman–Crippen LogP) is 26.0. The maximum Gasteiger partial charge on any atom is 0.000839 e. The Kier molecular flexibility index (Phi) is 28.9. The van der Waals surface area contributed by atoms with Gasteiger partial charge >= 0.3 is 0 Å². The lowest BCUT2D eigenvalue weighted by Gasteiger charge is -2.45. The van der Waals surface area contributed by atoms with Crippen molar-refractivity contribution in [3.63, 3.8) is 0 Å². The van der Waals surface area contributed by atoms with Gasteiger partial charge in [0, 0.05) is 19.6 Å². The Morgan fingerprint density at radius 2 is 0.571 bits per heavy atom. The van der Waals surface area contributed by atoms with E-state index in [-0.39, 0.29) is 0 Å². The fourth-order valence-corrected chi connectivity index (χ4v) is 24.6. The predicted molar refractivity (Wildman–Crippen MR) is 401 cm³/mol. The van der Waals surface area contributed by atoms with Gasteiger partial charge in [0.2, 0.25) is 0 Å². The van der Waals surface area contributed by atoms with Gasteiger partial charge in [0.1, 0.15) is 0 Å². The molecule has 11 saturated carbocycles. The van der Waals surface area contributed by atoms with Crippen LogP contribution in [0.5, 0.6) is 0 Å². The number of piperidine rings is 1. The molecule has 0 aromatic heterocycles. The average molecular weight is 1270 g/mol. The summed E-state index contributed by atoms with van der Waals surface area (Å²) in [7, 11) is 0. The molecule has 3 aliphatic heterocycles. The highest BCUT2D eigenvalue weighted by molar-refractivity contribution is 5.01. The fraction of sp³-hybridized carbons (Fsp3) is 1.00. The van der Waals surface area contributed by atoms with Crippen molar-refractivity contribution >= 4 is 0 Å². The minimum absolute atomic E-state index is 0.524. The van der Waals surface area contributed by atoms with E-state index in [0.29, 0.717) is 21.7 Å². The maximum absolute atomic E-state index is 3.58. The summed E-state index contributed by atoms with van der Waals surface area (Å²) in [4.78, 5) is 0. The molecule has 3 nitrogen and oxygen atoms in total. The third-order valence-corrected chi connectivity index (χ3v) is 31.2. The smallest absolute Gasteiger partial charge is 0.000839 e. The molecule has 3 N–H and O–H groups in total. The molecule has 14 aliphatic rings. The van der Waals surface area contributed by atoms with E-state index in [2.05, 4.69) is 127 Å². The zero-order valence-electron chi connectivity index (χ0n) is 65.0. The van der Waals surface area contributed by atoms with E-state index in [1.165, 1.54) is 251 Å². The maximum atomic E-state index is 3.58. The molecule has 7 spiro atoms. The first-order valence-corrected chi connectivity index (χ1v) is 42.3. The molecule has 0 bridgehead atoms. The summed E-state index contributed by atoms with van der Waals surface area (Å²) < 4.78 is 0. The third-order valence-electron chi connectivity index (χ3n) is 31.2. The van der Waals surface area contributed by atoms with Gasteiger partial charge in [0.05, 0.1) is 0 Å². The van der Waals surface area contributed by atoms with Crippen molar-refractivity contribution in [2.75, 3.05) is 39.3 Å². The van der Waals surface area contributed by atoms with E-state index in [0.717, 1.165) is 98.1 Å². The molecule has 3 saturated heterocycles. The fourth-order valence-electron chi connectivity index (χ4n) is 24.6. The molecule has 14 rings (SSSR count). The summed E-state index contributed by atoms with van der Waals surface area (Å²) in [5.74, 6) is 11.8. The Morgan fingerprint density at radius 1 is 0.253 bits per heavy atom. The first kappa shape index (κ1) is 76.6. The molecule has 91 heavy (non-hydrogen) atoms. The summed E-state index contributed by atoms with van der Waals surface area (Å²) in [5.41, 5.74) is 6.49. The van der Waals surface area contributed by atoms with Crippen molar-refractivity contribution in [1.29, 1.82) is 0 Å². The molecule has 0 amide bonds. The van der Waals surface area contributed by atoms with E-state index in [1.54, 1.807) is 77.0 Å². The lowest BCUT2D eigenvalue weighted by molar-refractivity contribution is 0.0491. The molecule has 0 aromatic rings. The van der Waals surface area contributed by atoms with Crippen molar-refractivity contribution in [2.45, 2.75) is 400 Å². The van der Waals surface area contributed by atoms with Crippen molar-refractivity contribution in [3.05, 3.63) is 0 Å². The Labute approximate surface area is 571 Å². The lowest BCUT2D eigenvalue weighted by Crippen LogP contribution is -2.38. The van der Waals surface area contributed by atoms with Gasteiger partial charge in [-0.15, -0.1) is 0 Å². The molecular weight excluding hydrogens is 1100 g/mol. The standard InChI is InChI=1S/C14H26.C13H25N.2C13H24.C12H23N.C12H22.C11H21N/c1-13(2,3)12-8-7-11-14(12)9-5-4-6-10-14;1-12(2,3)11-5-4-6-13(9-11)7-8-14-10-13;1-11(2)12-5-9-13(10-6-12)7-3-4-8-13;1-11(2)12-6-5-9-13(10-12)7-3-4-8-13;1-10(2)11-4-6-12(8-11)5-3-7-13-9-12;1-10(2)11-5-8-12(9-11)6-3-4-7-12;1-9(2)10-3-4-11(7-10)5-6-12-8-11/h12H,4-11H2,1-3H3;11,14H,4-10H2,1-3H3;2*11-12H,3-10H2,1-2H3;10-11,13H,3-9H2,1-2H3;10-11H,3-9H2,1-2H3;9-10,12H,3-8H2,1-2H3. The van der Waals surface area contributed by atoms with Crippen LogP contribution in [-0.4, -0.2) is 39.3 Å². The van der Waals surface area contributed by atoms with Crippen molar-refractivity contribution in [3.8, 4) is 0 Å². The van der Waals surface area contributed by atoms with Gasteiger partial charge in [-0.2, -0.15) is 0 Å². The molecule has 0 aromatic carbocycles. The van der Waals surface area contributed by atoms with E-state index in [1.807, 2.05) is 0 Å². The van der Waals surface area contributed by atoms with E-state index < -0.39 is 0 Å². The summed E-state index contributed by atoms with van der Waals surface area (Å²) in [6.07, 6.45) is 68.1. The summed E-state index contributed by atoms with van der Waals surface area (Å²) in [6, 6.07) is 0. The van der Waals surface area contributed by atoms with Crippen LogP contribution in [0.1, 0.15) is 400 Å². The van der Waals surface area contributed by atoms with E-state index >= 15 is 0 Å². The highest BCUT2D eigenvalue weighted by Crippen LogP contribution is 2.60. The van der Waals surface area contributed by atoms with Crippen LogP contribution >= 0.6 is 0 Å². The lowest BCUT2D eigenvalue weighted by atomic mass is 9.60. The Hall–Kier alpha value is -0.120. The first-order valence-electron chi connectivity index (χ1n) is 42.3. The summed E-state index contributed by atoms with van der Waals surface area (Å²) in [6.45, 7) is 46.3. The second kappa shape index (κ2) is 34.3. The molecule has 3 heteroatoms. The molecule has 11 aliphatic carbocycles. The summed E-state index contributed by atoms with van der Waals surface area (Å²) in [5, 5.41) is 10.6. The second-order valence-electron chi connectivity index (χ2n) is 41.1. The minimum Gasteiger partial charge on any atom is -0.316 e. The van der Waals surface area contributed by atoms with Crippen LogP contribution in [0.4, 0.5) is 0 Å². The number of rotatable bonds is 5. The van der Waals surface area contributed by atoms with E-state index in [9.17, 15) is 0 Å². The molecular formula is C88H165N3. The SMILES string of the molecule is CC(C)(C)C1CCCC12CCCCC2.CC(C)(C)C1CCCC2(CCNC2)C1.CC(C)C1CCC2(CCCC2)C1.CC(C)C1CCC2(CCCC2)CC1.CC(C)C1CCC2(CCCNC2)C1.CC(C)C1CCC2(CCNC2)C1.CC(C)C1CCCC2(CCCC2)C1. The highest BCUT2D eigenvalue weighted by Gasteiger charge is 2.49. The number of hydrogen-bond donors (Lipinski definition) is 3. The van der Waals surface area contributed by atoms with Crippen LogP contribution in [0.25, 0.3) is 0 Å². The number of nitrogens with one attached hydrogen (secondary N) is 3. The largest absolute Gasteiger partial charge is 0.316 e. The van der Waals surface area contributed by atoms with E-state index in [4.69, 9.17) is 0 Å². The molecule has 9 unspecified atom stereocenters. The molecule has 532 valence electrons.